The van der Waals surface area contributed by atoms with Crippen molar-refractivity contribution in [3.8, 4) is 22.4 Å². The van der Waals surface area contributed by atoms with Crippen LogP contribution in [-0.4, -0.2) is 15.0 Å². The summed E-state index contributed by atoms with van der Waals surface area (Å²) in [6.45, 7) is 2.73. The normalized spacial score (nSPS) is 10.9. The Balaban J connectivity index is 1.35. The highest BCUT2D eigenvalue weighted by Gasteiger charge is 2.07. The van der Waals surface area contributed by atoms with E-state index in [0.29, 0.717) is 0 Å². The third kappa shape index (κ3) is 4.14. The SMILES string of the molecule is Cc1cc(-c2ccc(CNc3cccc4nc(-c5ccccc5)cnc34)cc2)ccn1. The van der Waals surface area contributed by atoms with Gasteiger partial charge >= 0.3 is 0 Å². The van der Waals surface area contributed by atoms with Crippen molar-refractivity contribution < 1.29 is 0 Å². The highest BCUT2D eigenvalue weighted by molar-refractivity contribution is 5.88. The maximum atomic E-state index is 4.81. The quantitative estimate of drug-likeness (QED) is 0.376. The molecule has 3 aromatic carbocycles. The largest absolute Gasteiger partial charge is 0.379 e. The van der Waals surface area contributed by atoms with E-state index in [2.05, 4.69) is 52.8 Å². The van der Waals surface area contributed by atoms with Gasteiger partial charge in [-0.2, -0.15) is 0 Å². The third-order valence-corrected chi connectivity index (χ3v) is 5.31. The fraction of sp³-hybridized carbons (Fsp3) is 0.0741. The zero-order valence-electron chi connectivity index (χ0n) is 17.3. The van der Waals surface area contributed by atoms with Crippen molar-refractivity contribution in [2.45, 2.75) is 13.5 Å². The summed E-state index contributed by atoms with van der Waals surface area (Å²) >= 11 is 0. The molecule has 0 amide bonds. The van der Waals surface area contributed by atoms with Crippen LogP contribution in [0.2, 0.25) is 0 Å². The van der Waals surface area contributed by atoms with Crippen LogP contribution in [-0.2, 0) is 6.54 Å². The van der Waals surface area contributed by atoms with Crippen molar-refractivity contribution in [1.82, 2.24) is 15.0 Å². The number of aromatic nitrogens is 3. The number of hydrogen-bond donors (Lipinski definition) is 1. The highest BCUT2D eigenvalue weighted by atomic mass is 14.9. The summed E-state index contributed by atoms with van der Waals surface area (Å²) in [6, 6.07) is 29.0. The Labute approximate surface area is 181 Å². The lowest BCUT2D eigenvalue weighted by Gasteiger charge is -2.11. The van der Waals surface area contributed by atoms with Crippen molar-refractivity contribution in [2.24, 2.45) is 0 Å². The van der Waals surface area contributed by atoms with Crippen LogP contribution in [0.4, 0.5) is 5.69 Å². The summed E-state index contributed by atoms with van der Waals surface area (Å²) in [4.78, 5) is 13.8. The summed E-state index contributed by atoms with van der Waals surface area (Å²) in [5, 5.41) is 3.52. The zero-order valence-corrected chi connectivity index (χ0v) is 17.3. The maximum Gasteiger partial charge on any atom is 0.112 e. The molecule has 0 fully saturated rings. The number of fused-ring (bicyclic) bond motifs is 1. The summed E-state index contributed by atoms with van der Waals surface area (Å²) in [5.41, 5.74) is 9.31. The highest BCUT2D eigenvalue weighted by Crippen LogP contribution is 2.25. The molecule has 150 valence electrons. The van der Waals surface area contributed by atoms with Gasteiger partial charge in [-0.15, -0.1) is 0 Å². The molecule has 0 aliphatic heterocycles. The van der Waals surface area contributed by atoms with Gasteiger partial charge in [-0.3, -0.25) is 9.97 Å². The smallest absolute Gasteiger partial charge is 0.112 e. The van der Waals surface area contributed by atoms with Crippen LogP contribution in [0.3, 0.4) is 0 Å². The van der Waals surface area contributed by atoms with E-state index in [4.69, 9.17) is 9.97 Å². The summed E-state index contributed by atoms with van der Waals surface area (Å²) in [6.07, 6.45) is 3.69. The molecule has 1 N–H and O–H groups in total. The number of aryl methyl sites for hydroxylation is 1. The Morgan fingerprint density at radius 3 is 2.39 bits per heavy atom. The van der Waals surface area contributed by atoms with E-state index in [9.17, 15) is 0 Å². The molecule has 4 heteroatoms. The first-order valence-electron chi connectivity index (χ1n) is 10.3. The van der Waals surface area contributed by atoms with E-state index in [1.54, 1.807) is 0 Å². The van der Waals surface area contributed by atoms with E-state index in [0.717, 1.165) is 40.2 Å². The molecule has 5 rings (SSSR count). The molecule has 0 spiro atoms. The van der Waals surface area contributed by atoms with Crippen LogP contribution in [0.5, 0.6) is 0 Å². The molecule has 5 aromatic rings. The number of benzene rings is 3. The van der Waals surface area contributed by atoms with E-state index < -0.39 is 0 Å². The molecule has 0 radical (unpaired) electrons. The number of hydrogen-bond acceptors (Lipinski definition) is 4. The van der Waals surface area contributed by atoms with Crippen molar-refractivity contribution in [1.29, 1.82) is 0 Å². The van der Waals surface area contributed by atoms with Gasteiger partial charge in [-0.25, -0.2) is 4.98 Å². The molecule has 31 heavy (non-hydrogen) atoms. The van der Waals surface area contributed by atoms with Crippen LogP contribution < -0.4 is 5.32 Å². The Morgan fingerprint density at radius 1 is 0.742 bits per heavy atom. The molecule has 0 aliphatic rings. The van der Waals surface area contributed by atoms with Gasteiger partial charge < -0.3 is 5.32 Å². The van der Waals surface area contributed by atoms with E-state index in [1.165, 1.54) is 16.7 Å². The van der Waals surface area contributed by atoms with Gasteiger partial charge in [0.15, 0.2) is 0 Å². The first kappa shape index (κ1) is 18.9. The molecular formula is C27H22N4. The molecule has 0 saturated heterocycles. The van der Waals surface area contributed by atoms with Gasteiger partial charge in [0.05, 0.1) is 23.1 Å². The molecule has 2 heterocycles. The van der Waals surface area contributed by atoms with Crippen LogP contribution in [0.15, 0.2) is 97.3 Å². The lowest BCUT2D eigenvalue weighted by Crippen LogP contribution is -2.01. The van der Waals surface area contributed by atoms with Gasteiger partial charge in [-0.05, 0) is 47.9 Å². The molecule has 4 nitrogen and oxygen atoms in total. The molecule has 0 saturated carbocycles. The second-order valence-electron chi connectivity index (χ2n) is 7.53. The van der Waals surface area contributed by atoms with Crippen LogP contribution in [0.25, 0.3) is 33.4 Å². The third-order valence-electron chi connectivity index (χ3n) is 5.31. The van der Waals surface area contributed by atoms with Crippen LogP contribution in [0, 0.1) is 6.92 Å². The second-order valence-corrected chi connectivity index (χ2v) is 7.53. The summed E-state index contributed by atoms with van der Waals surface area (Å²) < 4.78 is 0. The number of anilines is 1. The number of nitrogens with one attached hydrogen (secondary N) is 1. The van der Waals surface area contributed by atoms with E-state index in [-0.39, 0.29) is 0 Å². The Hall–Kier alpha value is -4.05. The van der Waals surface area contributed by atoms with Gasteiger partial charge in [0.2, 0.25) is 0 Å². The molecule has 0 unspecified atom stereocenters. The fourth-order valence-corrected chi connectivity index (χ4v) is 3.67. The van der Waals surface area contributed by atoms with Crippen molar-refractivity contribution >= 4 is 16.7 Å². The van der Waals surface area contributed by atoms with Crippen molar-refractivity contribution in [3.63, 3.8) is 0 Å². The topological polar surface area (TPSA) is 50.7 Å². The number of rotatable bonds is 5. The van der Waals surface area contributed by atoms with Gasteiger partial charge in [0, 0.05) is 24.0 Å². The van der Waals surface area contributed by atoms with Crippen LogP contribution >= 0.6 is 0 Å². The second kappa shape index (κ2) is 8.36. The van der Waals surface area contributed by atoms with Crippen molar-refractivity contribution in [2.75, 3.05) is 5.32 Å². The first-order valence-corrected chi connectivity index (χ1v) is 10.3. The lowest BCUT2D eigenvalue weighted by atomic mass is 10.0. The monoisotopic (exact) mass is 402 g/mol. The molecule has 2 aromatic heterocycles. The number of pyridine rings is 1. The minimum atomic E-state index is 0.719. The fourth-order valence-electron chi connectivity index (χ4n) is 3.67. The standard InChI is InChI=1S/C27H22N4/c1-19-16-23(14-15-28-19)21-12-10-20(11-13-21)17-29-24-8-5-9-25-27(24)30-18-26(31-25)22-6-3-2-4-7-22/h2-16,18,29H,17H2,1H3. The van der Waals surface area contributed by atoms with Crippen LogP contribution in [0.1, 0.15) is 11.3 Å². The van der Waals surface area contributed by atoms with Gasteiger partial charge in [0.25, 0.3) is 0 Å². The predicted octanol–water partition coefficient (Wildman–Crippen LogP) is 6.28. The maximum absolute atomic E-state index is 4.81. The average Bonchev–Trinajstić information content (AvgIpc) is 2.83. The van der Waals surface area contributed by atoms with E-state index >= 15 is 0 Å². The molecule has 0 bridgehead atoms. The first-order chi connectivity index (χ1) is 15.3. The molecule has 0 atom stereocenters. The van der Waals surface area contributed by atoms with Crippen molar-refractivity contribution in [3.05, 3.63) is 109 Å². The predicted molar refractivity (Wildman–Crippen MR) is 127 cm³/mol. The minimum absolute atomic E-state index is 0.719. The summed E-state index contributed by atoms with van der Waals surface area (Å²) in [7, 11) is 0. The lowest BCUT2D eigenvalue weighted by molar-refractivity contribution is 1.15. The van der Waals surface area contributed by atoms with E-state index in [1.807, 2.05) is 61.8 Å². The molecule has 0 aliphatic carbocycles. The molecular weight excluding hydrogens is 380 g/mol. The van der Waals surface area contributed by atoms with Gasteiger partial charge in [0.1, 0.15) is 5.52 Å². The Kier molecular flexibility index (Phi) is 5.11. The summed E-state index contributed by atoms with van der Waals surface area (Å²) in [5.74, 6) is 0. The Morgan fingerprint density at radius 2 is 1.58 bits per heavy atom. The Bertz CT molecular complexity index is 1330. The number of nitrogens with zero attached hydrogens (tertiary/aromatic N) is 3. The minimum Gasteiger partial charge on any atom is -0.379 e. The number of para-hydroxylation sites is 1. The zero-order chi connectivity index (χ0) is 21.0. The average molecular weight is 403 g/mol. The van der Waals surface area contributed by atoms with Gasteiger partial charge in [-0.1, -0.05) is 60.7 Å².